The zero-order valence-corrected chi connectivity index (χ0v) is 16.9. The summed E-state index contributed by atoms with van der Waals surface area (Å²) in [5, 5.41) is 2.90. The fourth-order valence-corrected chi connectivity index (χ4v) is 2.58. The number of halogens is 1. The molecule has 0 spiro atoms. The lowest BCUT2D eigenvalue weighted by atomic mass is 9.92. The van der Waals surface area contributed by atoms with Gasteiger partial charge in [-0.05, 0) is 36.4 Å². The first-order valence-corrected chi connectivity index (χ1v) is 8.40. The summed E-state index contributed by atoms with van der Waals surface area (Å²) < 4.78 is 0. The summed E-state index contributed by atoms with van der Waals surface area (Å²) in [6.07, 6.45) is 0. The van der Waals surface area contributed by atoms with Crippen LogP contribution in [0, 0.1) is 18.3 Å². The van der Waals surface area contributed by atoms with Crippen LogP contribution in [0.25, 0.3) is 0 Å². The molecule has 1 aromatic carbocycles. The lowest BCUT2D eigenvalue weighted by Crippen LogP contribution is -2.52. The van der Waals surface area contributed by atoms with E-state index in [1.807, 2.05) is 52.8 Å². The number of carbonyl (C=O) groups excluding carboxylic acids is 2. The number of aryl methyl sites for hydroxylation is 1. The third-order valence-corrected chi connectivity index (χ3v) is 4.20. The summed E-state index contributed by atoms with van der Waals surface area (Å²) in [5.74, 6) is -0.311. The van der Waals surface area contributed by atoms with E-state index in [1.165, 1.54) is 0 Å². The maximum absolute atomic E-state index is 12.8. The SMILES string of the molecule is Cc1ccccc1C(=O)NC(C(=O)N(C)CC(C)(C)CN)C(C)C.Cl. The summed E-state index contributed by atoms with van der Waals surface area (Å²) in [4.78, 5) is 27.0. The number of likely N-dealkylation sites (N-methyl/N-ethyl adjacent to an activating group) is 1. The Labute approximate surface area is 157 Å². The Balaban J connectivity index is 0.00000576. The number of nitrogens with zero attached hydrogens (tertiary/aromatic N) is 1. The van der Waals surface area contributed by atoms with Gasteiger partial charge in [0.15, 0.2) is 0 Å². The Morgan fingerprint density at radius 1 is 1.24 bits per heavy atom. The first kappa shape index (κ1) is 23.4. The molecule has 0 aliphatic carbocycles. The van der Waals surface area contributed by atoms with Gasteiger partial charge in [-0.25, -0.2) is 0 Å². The molecular formula is C19H32ClN3O2. The van der Waals surface area contributed by atoms with E-state index in [0.717, 1.165) is 5.56 Å². The highest BCUT2D eigenvalue weighted by atomic mass is 35.5. The second-order valence-electron chi connectivity index (χ2n) is 7.57. The first-order valence-electron chi connectivity index (χ1n) is 8.40. The molecule has 0 aliphatic heterocycles. The van der Waals surface area contributed by atoms with E-state index in [4.69, 9.17) is 5.73 Å². The second kappa shape index (κ2) is 9.78. The summed E-state index contributed by atoms with van der Waals surface area (Å²) in [7, 11) is 1.76. The fraction of sp³-hybridized carbons (Fsp3) is 0.579. The van der Waals surface area contributed by atoms with Crippen molar-refractivity contribution in [2.45, 2.75) is 40.7 Å². The topological polar surface area (TPSA) is 75.4 Å². The van der Waals surface area contributed by atoms with Crippen LogP contribution in [0.15, 0.2) is 24.3 Å². The Kier molecular flexibility index (Phi) is 9.16. The minimum atomic E-state index is -0.560. The molecule has 1 aromatic rings. The van der Waals surface area contributed by atoms with Crippen LogP contribution in [0.3, 0.4) is 0 Å². The van der Waals surface area contributed by atoms with Gasteiger partial charge in [0.2, 0.25) is 5.91 Å². The van der Waals surface area contributed by atoms with Crippen LogP contribution in [0.4, 0.5) is 0 Å². The van der Waals surface area contributed by atoms with Gasteiger partial charge in [0, 0.05) is 19.2 Å². The molecule has 0 heterocycles. The standard InChI is InChI=1S/C19H31N3O2.ClH/c1-13(2)16(18(24)22(6)12-19(4,5)11-20)21-17(23)15-10-8-7-9-14(15)3;/h7-10,13,16H,11-12,20H2,1-6H3,(H,21,23);1H. The molecular weight excluding hydrogens is 338 g/mol. The molecule has 0 saturated heterocycles. The van der Waals surface area contributed by atoms with Crippen LogP contribution in [0.2, 0.25) is 0 Å². The van der Waals surface area contributed by atoms with Gasteiger partial charge in [0.05, 0.1) is 0 Å². The van der Waals surface area contributed by atoms with Crippen LogP contribution in [-0.4, -0.2) is 42.9 Å². The van der Waals surface area contributed by atoms with Crippen molar-refractivity contribution in [2.75, 3.05) is 20.1 Å². The Morgan fingerprint density at radius 2 is 1.80 bits per heavy atom. The molecule has 6 heteroatoms. The average Bonchev–Trinajstić information content (AvgIpc) is 2.51. The molecule has 3 N–H and O–H groups in total. The highest BCUT2D eigenvalue weighted by Crippen LogP contribution is 2.16. The van der Waals surface area contributed by atoms with Crippen molar-refractivity contribution in [1.82, 2.24) is 10.2 Å². The third-order valence-electron chi connectivity index (χ3n) is 4.20. The maximum Gasteiger partial charge on any atom is 0.252 e. The van der Waals surface area contributed by atoms with Crippen molar-refractivity contribution in [2.24, 2.45) is 17.1 Å². The minimum absolute atomic E-state index is 0. The van der Waals surface area contributed by atoms with E-state index >= 15 is 0 Å². The molecule has 2 amide bonds. The van der Waals surface area contributed by atoms with Crippen molar-refractivity contribution in [3.63, 3.8) is 0 Å². The highest BCUT2D eigenvalue weighted by Gasteiger charge is 2.30. The molecule has 0 aliphatic rings. The summed E-state index contributed by atoms with van der Waals surface area (Å²) in [5.41, 5.74) is 7.08. The lowest BCUT2D eigenvalue weighted by molar-refractivity contribution is -0.134. The number of amides is 2. The smallest absolute Gasteiger partial charge is 0.252 e. The predicted octanol–water partition coefficient (Wildman–Crippen LogP) is 2.61. The molecule has 0 fully saturated rings. The minimum Gasteiger partial charge on any atom is -0.343 e. The number of hydrogen-bond donors (Lipinski definition) is 2. The van der Waals surface area contributed by atoms with Gasteiger partial charge in [0.25, 0.3) is 5.91 Å². The van der Waals surface area contributed by atoms with Crippen LogP contribution in [0.1, 0.15) is 43.6 Å². The normalized spacial score (nSPS) is 12.3. The van der Waals surface area contributed by atoms with Crippen LogP contribution in [-0.2, 0) is 4.79 Å². The molecule has 5 nitrogen and oxygen atoms in total. The van der Waals surface area contributed by atoms with Gasteiger partial charge < -0.3 is 16.0 Å². The zero-order valence-electron chi connectivity index (χ0n) is 16.1. The quantitative estimate of drug-likeness (QED) is 0.775. The van der Waals surface area contributed by atoms with E-state index in [9.17, 15) is 9.59 Å². The van der Waals surface area contributed by atoms with E-state index in [1.54, 1.807) is 18.0 Å². The average molecular weight is 370 g/mol. The zero-order chi connectivity index (χ0) is 18.5. The van der Waals surface area contributed by atoms with Gasteiger partial charge in [-0.1, -0.05) is 45.9 Å². The molecule has 0 bridgehead atoms. The monoisotopic (exact) mass is 369 g/mol. The molecule has 1 atom stereocenters. The number of nitrogens with one attached hydrogen (secondary N) is 1. The van der Waals surface area contributed by atoms with Crippen LogP contribution in [0.5, 0.6) is 0 Å². The number of benzene rings is 1. The number of hydrogen-bond acceptors (Lipinski definition) is 3. The third kappa shape index (κ3) is 6.67. The molecule has 1 rings (SSSR count). The second-order valence-corrected chi connectivity index (χ2v) is 7.57. The Hall–Kier alpha value is -1.59. The van der Waals surface area contributed by atoms with Crippen molar-refractivity contribution in [3.8, 4) is 0 Å². The number of nitrogens with two attached hydrogens (primary N) is 1. The Morgan fingerprint density at radius 3 is 2.28 bits per heavy atom. The first-order chi connectivity index (χ1) is 11.1. The van der Waals surface area contributed by atoms with Gasteiger partial charge >= 0.3 is 0 Å². The van der Waals surface area contributed by atoms with E-state index < -0.39 is 6.04 Å². The number of rotatable bonds is 7. The molecule has 1 unspecified atom stereocenters. The van der Waals surface area contributed by atoms with Gasteiger partial charge in [-0.3, -0.25) is 9.59 Å². The molecule has 142 valence electrons. The van der Waals surface area contributed by atoms with Crippen molar-refractivity contribution in [3.05, 3.63) is 35.4 Å². The van der Waals surface area contributed by atoms with Crippen LogP contribution >= 0.6 is 12.4 Å². The lowest BCUT2D eigenvalue weighted by Gasteiger charge is -2.33. The van der Waals surface area contributed by atoms with Crippen molar-refractivity contribution < 1.29 is 9.59 Å². The highest BCUT2D eigenvalue weighted by molar-refractivity contribution is 5.98. The van der Waals surface area contributed by atoms with Gasteiger partial charge in [-0.15, -0.1) is 12.4 Å². The Bertz CT molecular complexity index is 588. The number of carbonyl (C=O) groups is 2. The molecule has 0 radical (unpaired) electrons. The molecule has 25 heavy (non-hydrogen) atoms. The van der Waals surface area contributed by atoms with Crippen molar-refractivity contribution in [1.29, 1.82) is 0 Å². The van der Waals surface area contributed by atoms with E-state index in [0.29, 0.717) is 18.7 Å². The van der Waals surface area contributed by atoms with Gasteiger partial charge in [0.1, 0.15) is 6.04 Å². The van der Waals surface area contributed by atoms with Crippen molar-refractivity contribution >= 4 is 24.2 Å². The largest absolute Gasteiger partial charge is 0.343 e. The van der Waals surface area contributed by atoms with E-state index in [2.05, 4.69) is 5.32 Å². The fourth-order valence-electron chi connectivity index (χ4n) is 2.58. The molecule has 0 aromatic heterocycles. The maximum atomic E-state index is 12.8. The summed E-state index contributed by atoms with van der Waals surface area (Å²) >= 11 is 0. The van der Waals surface area contributed by atoms with E-state index in [-0.39, 0.29) is 35.6 Å². The van der Waals surface area contributed by atoms with Crippen LogP contribution < -0.4 is 11.1 Å². The summed E-state index contributed by atoms with van der Waals surface area (Å²) in [6, 6.07) is 6.81. The van der Waals surface area contributed by atoms with Gasteiger partial charge in [-0.2, -0.15) is 0 Å². The molecule has 0 saturated carbocycles. The predicted molar refractivity (Wildman–Crippen MR) is 105 cm³/mol. The summed E-state index contributed by atoms with van der Waals surface area (Å²) in [6.45, 7) is 10.8.